The Morgan fingerprint density at radius 1 is 0.971 bits per heavy atom. The van der Waals surface area contributed by atoms with Crippen LogP contribution in [0.5, 0.6) is 0 Å². The molecule has 0 aliphatic heterocycles. The number of hydrogen-bond acceptors (Lipinski definition) is 4. The van der Waals surface area contributed by atoms with Gasteiger partial charge in [-0.05, 0) is 47.9 Å². The van der Waals surface area contributed by atoms with E-state index in [1.807, 2.05) is 24.3 Å². The van der Waals surface area contributed by atoms with Gasteiger partial charge in [-0.1, -0.05) is 61.9 Å². The highest BCUT2D eigenvalue weighted by Crippen LogP contribution is 2.44. The molecule has 0 saturated heterocycles. The van der Waals surface area contributed by atoms with Crippen molar-refractivity contribution in [3.8, 4) is 11.1 Å². The number of ether oxygens (including phenoxy) is 1. The Bertz CT molecular complexity index is 1020. The minimum Gasteiger partial charge on any atom is -0.481 e. The summed E-state index contributed by atoms with van der Waals surface area (Å²) >= 11 is 0. The molecule has 0 radical (unpaired) electrons. The summed E-state index contributed by atoms with van der Waals surface area (Å²) in [5, 5.41) is 14.8. The Hall–Kier alpha value is -3.35. The van der Waals surface area contributed by atoms with Gasteiger partial charge in [0.1, 0.15) is 6.61 Å². The first-order valence-electron chi connectivity index (χ1n) is 12.0. The molecule has 1 saturated carbocycles. The number of nitrogens with one attached hydrogen (secondary N) is 2. The van der Waals surface area contributed by atoms with Crippen molar-refractivity contribution in [2.45, 2.75) is 57.5 Å². The summed E-state index contributed by atoms with van der Waals surface area (Å²) in [6.07, 6.45) is 2.26. The molecule has 4 rings (SSSR count). The van der Waals surface area contributed by atoms with Crippen LogP contribution >= 0.6 is 0 Å². The number of carboxylic acids is 1. The molecule has 34 heavy (non-hydrogen) atoms. The Kier molecular flexibility index (Phi) is 7.20. The van der Waals surface area contributed by atoms with Gasteiger partial charge >= 0.3 is 12.1 Å². The summed E-state index contributed by atoms with van der Waals surface area (Å²) in [5.41, 5.74) is 4.59. The Balaban J connectivity index is 1.31. The number of fused-ring (bicyclic) bond motifs is 3. The lowest BCUT2D eigenvalue weighted by atomic mass is 9.78. The molecule has 3 atom stereocenters. The van der Waals surface area contributed by atoms with Gasteiger partial charge in [0.15, 0.2) is 0 Å². The first kappa shape index (κ1) is 23.8. The second-order valence-electron chi connectivity index (χ2n) is 9.45. The van der Waals surface area contributed by atoms with Gasteiger partial charge < -0.3 is 20.5 Å². The Labute approximate surface area is 199 Å². The molecule has 2 aliphatic carbocycles. The number of carbonyl (C=O) groups excluding carboxylic acids is 2. The fraction of sp³-hybridized carbons (Fsp3) is 0.444. The predicted octanol–water partition coefficient (Wildman–Crippen LogP) is 4.31. The minimum absolute atomic E-state index is 0.0339. The van der Waals surface area contributed by atoms with Crippen LogP contribution in [0.15, 0.2) is 48.5 Å². The number of amides is 2. The normalized spacial score (nSPS) is 17.5. The van der Waals surface area contributed by atoms with Crippen molar-refractivity contribution in [2.75, 3.05) is 6.61 Å². The van der Waals surface area contributed by atoms with Crippen LogP contribution in [-0.4, -0.2) is 41.8 Å². The number of alkyl carbamates (subject to hydrolysis) is 1. The Morgan fingerprint density at radius 2 is 1.56 bits per heavy atom. The summed E-state index contributed by atoms with van der Waals surface area (Å²) in [7, 11) is 0. The highest BCUT2D eigenvalue weighted by atomic mass is 16.5. The molecule has 0 aromatic heterocycles. The number of carboxylic acid groups (broad SMARTS) is 1. The molecule has 2 aliphatic rings. The number of rotatable bonds is 9. The summed E-state index contributed by atoms with van der Waals surface area (Å²) in [4.78, 5) is 36.5. The lowest BCUT2D eigenvalue weighted by molar-refractivity contribution is -0.138. The molecule has 1 fully saturated rings. The van der Waals surface area contributed by atoms with Crippen molar-refractivity contribution < 1.29 is 24.2 Å². The van der Waals surface area contributed by atoms with Crippen LogP contribution in [0.4, 0.5) is 4.79 Å². The molecule has 7 nitrogen and oxygen atoms in total. The van der Waals surface area contributed by atoms with Crippen molar-refractivity contribution in [2.24, 2.45) is 11.8 Å². The third-order valence-electron chi connectivity index (χ3n) is 7.29. The number of carbonyl (C=O) groups is 3. The fourth-order valence-electron chi connectivity index (χ4n) is 4.86. The molecular formula is C27H32N2O5. The first-order valence-corrected chi connectivity index (χ1v) is 12.0. The van der Waals surface area contributed by atoms with E-state index in [4.69, 9.17) is 4.74 Å². The quantitative estimate of drug-likeness (QED) is 0.513. The molecule has 3 N–H and O–H groups in total. The maximum absolute atomic E-state index is 12.7. The van der Waals surface area contributed by atoms with E-state index in [-0.39, 0.29) is 36.8 Å². The van der Waals surface area contributed by atoms with Gasteiger partial charge in [0.25, 0.3) is 0 Å². The molecule has 180 valence electrons. The van der Waals surface area contributed by atoms with E-state index in [2.05, 4.69) is 34.9 Å². The van der Waals surface area contributed by atoms with Crippen LogP contribution in [-0.2, 0) is 14.3 Å². The first-order chi connectivity index (χ1) is 16.3. The van der Waals surface area contributed by atoms with Crippen LogP contribution in [0.2, 0.25) is 0 Å². The van der Waals surface area contributed by atoms with Gasteiger partial charge in [-0.2, -0.15) is 0 Å². The van der Waals surface area contributed by atoms with E-state index in [1.54, 1.807) is 13.8 Å². The van der Waals surface area contributed by atoms with E-state index in [0.29, 0.717) is 0 Å². The topological polar surface area (TPSA) is 105 Å². The number of hydrogen-bond donors (Lipinski definition) is 3. The van der Waals surface area contributed by atoms with Gasteiger partial charge in [-0.15, -0.1) is 0 Å². The van der Waals surface area contributed by atoms with Crippen LogP contribution < -0.4 is 10.6 Å². The number of aliphatic carboxylic acids is 1. The summed E-state index contributed by atoms with van der Waals surface area (Å²) in [6, 6.07) is 15.4. The fourth-order valence-corrected chi connectivity index (χ4v) is 4.86. The third-order valence-corrected chi connectivity index (χ3v) is 7.29. The molecule has 0 bridgehead atoms. The predicted molar refractivity (Wildman–Crippen MR) is 128 cm³/mol. The van der Waals surface area contributed by atoms with E-state index in [9.17, 15) is 19.5 Å². The minimum atomic E-state index is -0.922. The SMILES string of the molecule is CC(NC(=O)OCC1c2ccccc2-c2ccccc21)C(C)C(=O)NC(CC(=O)O)C1CCC1. The molecule has 2 aromatic carbocycles. The average Bonchev–Trinajstić information content (AvgIpc) is 3.09. The number of benzene rings is 2. The molecule has 0 heterocycles. The van der Waals surface area contributed by atoms with E-state index in [0.717, 1.165) is 41.5 Å². The molecule has 0 spiro atoms. The summed E-state index contributed by atoms with van der Waals surface area (Å²) < 4.78 is 5.58. The molecule has 3 unspecified atom stereocenters. The second kappa shape index (κ2) is 10.3. The van der Waals surface area contributed by atoms with Crippen molar-refractivity contribution in [3.63, 3.8) is 0 Å². The van der Waals surface area contributed by atoms with Crippen LogP contribution in [0.25, 0.3) is 11.1 Å². The van der Waals surface area contributed by atoms with Crippen molar-refractivity contribution in [3.05, 3.63) is 59.7 Å². The van der Waals surface area contributed by atoms with E-state index >= 15 is 0 Å². The van der Waals surface area contributed by atoms with E-state index < -0.39 is 24.0 Å². The smallest absolute Gasteiger partial charge is 0.407 e. The highest BCUT2D eigenvalue weighted by Gasteiger charge is 2.33. The largest absolute Gasteiger partial charge is 0.481 e. The standard InChI is InChI=1S/C27H32N2O5/c1-16(26(32)29-24(14-25(30)31)18-8-7-9-18)17(2)28-27(33)34-15-23-21-12-5-3-10-19(21)20-11-4-6-13-22(20)23/h3-6,10-13,16-18,23-24H,7-9,14-15H2,1-2H3,(H,28,33)(H,29,32)(H,30,31). The second-order valence-corrected chi connectivity index (χ2v) is 9.45. The van der Waals surface area contributed by atoms with Crippen molar-refractivity contribution in [1.82, 2.24) is 10.6 Å². The van der Waals surface area contributed by atoms with Crippen LogP contribution in [0, 0.1) is 11.8 Å². The molecular weight excluding hydrogens is 432 g/mol. The van der Waals surface area contributed by atoms with Gasteiger partial charge in [-0.3, -0.25) is 9.59 Å². The zero-order valence-electron chi connectivity index (χ0n) is 19.6. The Morgan fingerprint density at radius 3 is 2.09 bits per heavy atom. The summed E-state index contributed by atoms with van der Waals surface area (Å²) in [5.74, 6) is -1.54. The van der Waals surface area contributed by atoms with Gasteiger partial charge in [0.2, 0.25) is 5.91 Å². The lowest BCUT2D eigenvalue weighted by Crippen LogP contribution is -2.50. The van der Waals surface area contributed by atoms with Crippen LogP contribution in [0.3, 0.4) is 0 Å². The van der Waals surface area contributed by atoms with Gasteiger partial charge in [0.05, 0.1) is 12.3 Å². The molecule has 7 heteroatoms. The summed E-state index contributed by atoms with van der Waals surface area (Å²) in [6.45, 7) is 3.68. The third kappa shape index (κ3) is 5.08. The van der Waals surface area contributed by atoms with E-state index in [1.165, 1.54) is 0 Å². The maximum atomic E-state index is 12.7. The zero-order chi connectivity index (χ0) is 24.2. The monoisotopic (exact) mass is 464 g/mol. The van der Waals surface area contributed by atoms with Gasteiger partial charge in [0, 0.05) is 18.0 Å². The average molecular weight is 465 g/mol. The van der Waals surface area contributed by atoms with Gasteiger partial charge in [-0.25, -0.2) is 4.79 Å². The highest BCUT2D eigenvalue weighted by molar-refractivity contribution is 5.81. The van der Waals surface area contributed by atoms with Crippen molar-refractivity contribution >= 4 is 18.0 Å². The maximum Gasteiger partial charge on any atom is 0.407 e. The molecule has 2 amide bonds. The zero-order valence-corrected chi connectivity index (χ0v) is 19.6. The lowest BCUT2D eigenvalue weighted by Gasteiger charge is -2.34. The molecule has 2 aromatic rings. The van der Waals surface area contributed by atoms with Crippen LogP contribution in [0.1, 0.15) is 56.6 Å². The van der Waals surface area contributed by atoms with Crippen molar-refractivity contribution in [1.29, 1.82) is 0 Å².